The van der Waals surface area contributed by atoms with E-state index in [1.807, 2.05) is 0 Å². The fraction of sp³-hybridized carbons (Fsp3) is 0.0714. The van der Waals surface area contributed by atoms with Crippen molar-refractivity contribution in [2.24, 2.45) is 0 Å². The van der Waals surface area contributed by atoms with Crippen LogP contribution in [0.25, 0.3) is 0 Å². The second-order valence-corrected chi connectivity index (χ2v) is 4.26. The van der Waals surface area contributed by atoms with Crippen molar-refractivity contribution in [1.29, 1.82) is 0 Å². The van der Waals surface area contributed by atoms with E-state index >= 15 is 0 Å². The van der Waals surface area contributed by atoms with Gasteiger partial charge in [0, 0.05) is 17.8 Å². The highest BCUT2D eigenvalue weighted by molar-refractivity contribution is 5.84. The van der Waals surface area contributed by atoms with Crippen molar-refractivity contribution in [3.05, 3.63) is 58.1 Å². The molecule has 0 aliphatic rings. The predicted octanol–water partition coefficient (Wildman–Crippen LogP) is 3.79. The summed E-state index contributed by atoms with van der Waals surface area (Å²) in [6.45, 7) is 1.74. The second-order valence-electron chi connectivity index (χ2n) is 4.26. The number of ether oxygens (including phenoxy) is 1. The molecule has 0 saturated carbocycles. The molecule has 0 unspecified atom stereocenters. The fourth-order valence-electron chi connectivity index (χ4n) is 1.73. The molecule has 0 saturated heterocycles. The highest BCUT2D eigenvalue weighted by Gasteiger charge is 2.07. The predicted molar refractivity (Wildman–Crippen MR) is 76.0 cm³/mol. The van der Waals surface area contributed by atoms with Crippen LogP contribution < -0.4 is 10.1 Å². The van der Waals surface area contributed by atoms with Gasteiger partial charge in [-0.1, -0.05) is 0 Å². The lowest BCUT2D eigenvalue weighted by Gasteiger charge is -2.09. The Morgan fingerprint density at radius 2 is 1.81 bits per heavy atom. The van der Waals surface area contributed by atoms with E-state index in [0.29, 0.717) is 22.7 Å². The summed E-state index contributed by atoms with van der Waals surface area (Å²) in [5.41, 5.74) is 1.16. The summed E-state index contributed by atoms with van der Waals surface area (Å²) >= 11 is 0. The molecule has 21 heavy (non-hydrogen) atoms. The Morgan fingerprint density at radius 1 is 1.19 bits per heavy atom. The van der Waals surface area contributed by atoms with Crippen LogP contribution in [0.4, 0.5) is 16.2 Å². The number of carboxylic acid groups (broad SMARTS) is 1. The monoisotopic (exact) mass is 288 g/mol. The third-order valence-electron chi connectivity index (χ3n) is 2.72. The van der Waals surface area contributed by atoms with E-state index in [1.54, 1.807) is 25.1 Å². The van der Waals surface area contributed by atoms with Gasteiger partial charge in [0.05, 0.1) is 4.92 Å². The van der Waals surface area contributed by atoms with Crippen molar-refractivity contribution in [3.63, 3.8) is 0 Å². The first kappa shape index (κ1) is 14.3. The van der Waals surface area contributed by atoms with Crippen LogP contribution in [0.15, 0.2) is 42.5 Å². The van der Waals surface area contributed by atoms with Crippen LogP contribution in [0.3, 0.4) is 0 Å². The van der Waals surface area contributed by atoms with E-state index in [9.17, 15) is 14.9 Å². The first-order chi connectivity index (χ1) is 9.95. The number of nitrogens with one attached hydrogen (secondary N) is 1. The molecule has 0 aliphatic carbocycles. The molecule has 7 heteroatoms. The molecule has 0 atom stereocenters. The Morgan fingerprint density at radius 3 is 2.33 bits per heavy atom. The number of anilines is 1. The van der Waals surface area contributed by atoms with Gasteiger partial charge in [-0.25, -0.2) is 4.79 Å². The zero-order valence-electron chi connectivity index (χ0n) is 11.1. The number of non-ortho nitro benzene ring substituents is 1. The lowest BCUT2D eigenvalue weighted by Crippen LogP contribution is -2.08. The maximum atomic E-state index is 10.6. The van der Waals surface area contributed by atoms with Gasteiger partial charge in [-0.2, -0.15) is 0 Å². The zero-order valence-corrected chi connectivity index (χ0v) is 11.1. The molecule has 0 spiro atoms. The number of carbonyl (C=O) groups is 1. The van der Waals surface area contributed by atoms with Crippen LogP contribution >= 0.6 is 0 Å². The third-order valence-corrected chi connectivity index (χ3v) is 2.72. The molecule has 108 valence electrons. The van der Waals surface area contributed by atoms with Gasteiger partial charge in [0.25, 0.3) is 5.69 Å². The number of aryl methyl sites for hydroxylation is 1. The molecule has 2 aromatic rings. The van der Waals surface area contributed by atoms with E-state index in [-0.39, 0.29) is 5.69 Å². The number of hydrogen-bond acceptors (Lipinski definition) is 4. The Labute approximate surface area is 119 Å². The molecule has 2 aromatic carbocycles. The first-order valence-electron chi connectivity index (χ1n) is 5.98. The molecular weight excluding hydrogens is 276 g/mol. The smallest absolute Gasteiger partial charge is 0.409 e. The molecule has 0 aliphatic heterocycles. The van der Waals surface area contributed by atoms with Gasteiger partial charge in [-0.3, -0.25) is 15.4 Å². The second kappa shape index (κ2) is 5.91. The van der Waals surface area contributed by atoms with Crippen LogP contribution in [0.2, 0.25) is 0 Å². The molecule has 0 heterocycles. The van der Waals surface area contributed by atoms with Crippen molar-refractivity contribution >= 4 is 17.5 Å². The quantitative estimate of drug-likeness (QED) is 0.658. The maximum absolute atomic E-state index is 10.6. The molecule has 0 bridgehead atoms. The minimum atomic E-state index is -1.14. The summed E-state index contributed by atoms with van der Waals surface area (Å²) in [7, 11) is 0. The van der Waals surface area contributed by atoms with Crippen LogP contribution in [0.1, 0.15) is 5.56 Å². The highest BCUT2D eigenvalue weighted by Crippen LogP contribution is 2.27. The van der Waals surface area contributed by atoms with Gasteiger partial charge < -0.3 is 9.84 Å². The number of rotatable bonds is 4. The Hall–Kier alpha value is -3.09. The lowest BCUT2D eigenvalue weighted by molar-refractivity contribution is -0.384. The molecule has 2 N–H and O–H groups in total. The summed E-state index contributed by atoms with van der Waals surface area (Å²) in [6.07, 6.45) is -1.14. The number of benzene rings is 2. The van der Waals surface area contributed by atoms with Crippen LogP contribution in [0, 0.1) is 17.0 Å². The number of hydrogen-bond donors (Lipinski definition) is 2. The van der Waals surface area contributed by atoms with E-state index in [1.165, 1.54) is 24.3 Å². The molecule has 1 amide bonds. The Balaban J connectivity index is 2.14. The normalized spacial score (nSPS) is 9.95. The van der Waals surface area contributed by atoms with Gasteiger partial charge in [0.1, 0.15) is 11.5 Å². The van der Waals surface area contributed by atoms with Crippen LogP contribution in [-0.2, 0) is 0 Å². The number of amides is 1. The molecule has 2 rings (SSSR count). The van der Waals surface area contributed by atoms with Gasteiger partial charge in [0.2, 0.25) is 0 Å². The van der Waals surface area contributed by atoms with Crippen molar-refractivity contribution in [3.8, 4) is 11.5 Å². The molecule has 7 nitrogen and oxygen atoms in total. The van der Waals surface area contributed by atoms with E-state index in [4.69, 9.17) is 9.84 Å². The van der Waals surface area contributed by atoms with Gasteiger partial charge in [-0.05, 0) is 42.8 Å². The minimum absolute atomic E-state index is 0.0143. The Bertz CT molecular complexity index is 682. The summed E-state index contributed by atoms with van der Waals surface area (Å²) < 4.78 is 5.56. The molecular formula is C14H12N2O5. The molecule has 0 fully saturated rings. The summed E-state index contributed by atoms with van der Waals surface area (Å²) in [5.74, 6) is 0.969. The van der Waals surface area contributed by atoms with Crippen LogP contribution in [0.5, 0.6) is 11.5 Å². The molecule has 0 aromatic heterocycles. The van der Waals surface area contributed by atoms with E-state index in [0.717, 1.165) is 0 Å². The van der Waals surface area contributed by atoms with Crippen molar-refractivity contribution < 1.29 is 19.6 Å². The first-order valence-corrected chi connectivity index (χ1v) is 5.98. The average Bonchev–Trinajstić information content (AvgIpc) is 2.42. The summed E-state index contributed by atoms with van der Waals surface area (Å²) in [4.78, 5) is 20.7. The van der Waals surface area contributed by atoms with Crippen LogP contribution in [-0.4, -0.2) is 16.1 Å². The van der Waals surface area contributed by atoms with Crippen molar-refractivity contribution in [2.75, 3.05) is 5.32 Å². The third kappa shape index (κ3) is 3.69. The number of nitrogens with zero attached hydrogens (tertiary/aromatic N) is 1. The lowest BCUT2D eigenvalue weighted by atomic mass is 10.2. The van der Waals surface area contributed by atoms with Gasteiger partial charge in [-0.15, -0.1) is 0 Å². The van der Waals surface area contributed by atoms with Gasteiger partial charge >= 0.3 is 6.09 Å². The number of nitro benzene ring substituents is 1. The Kier molecular flexibility index (Phi) is 4.03. The SMILES string of the molecule is Cc1cc(Oc2ccc([N+](=O)[O-])cc2)ccc1NC(=O)O. The molecule has 0 radical (unpaired) electrons. The van der Waals surface area contributed by atoms with E-state index < -0.39 is 11.0 Å². The van der Waals surface area contributed by atoms with Crippen molar-refractivity contribution in [1.82, 2.24) is 0 Å². The minimum Gasteiger partial charge on any atom is -0.465 e. The topological polar surface area (TPSA) is 102 Å². The standard InChI is InChI=1S/C14H12N2O5/c1-9-8-12(6-7-13(9)15-14(17)18)21-11-4-2-10(3-5-11)16(19)20/h2-8,15H,1H3,(H,17,18). The fourth-order valence-corrected chi connectivity index (χ4v) is 1.73. The summed E-state index contributed by atoms with van der Waals surface area (Å²) in [5, 5.41) is 21.5. The maximum Gasteiger partial charge on any atom is 0.409 e. The highest BCUT2D eigenvalue weighted by atomic mass is 16.6. The summed E-state index contributed by atoms with van der Waals surface area (Å²) in [6, 6.07) is 10.6. The largest absolute Gasteiger partial charge is 0.465 e. The zero-order chi connectivity index (χ0) is 15.4. The number of nitro groups is 1. The van der Waals surface area contributed by atoms with Crippen molar-refractivity contribution in [2.45, 2.75) is 6.92 Å². The average molecular weight is 288 g/mol. The van der Waals surface area contributed by atoms with Gasteiger partial charge in [0.15, 0.2) is 0 Å². The van der Waals surface area contributed by atoms with E-state index in [2.05, 4.69) is 5.32 Å².